The van der Waals surface area contributed by atoms with Gasteiger partial charge in [0.2, 0.25) is 0 Å². The second-order valence-corrected chi connectivity index (χ2v) is 3.79. The third-order valence-electron chi connectivity index (χ3n) is 1.93. The average molecular weight is 235 g/mol. The van der Waals surface area contributed by atoms with Gasteiger partial charge in [0, 0.05) is 0 Å². The number of halogens is 1. The molecule has 1 saturated heterocycles. The molecule has 66 valence electrons. The van der Waals surface area contributed by atoms with E-state index in [1.165, 1.54) is 0 Å². The van der Waals surface area contributed by atoms with Gasteiger partial charge in [-0.3, -0.25) is 0 Å². The predicted octanol–water partition coefficient (Wildman–Crippen LogP) is 0.585. The zero-order valence-electron chi connectivity index (χ0n) is 6.01. The van der Waals surface area contributed by atoms with E-state index in [9.17, 15) is 9.90 Å². The lowest BCUT2D eigenvalue weighted by Crippen LogP contribution is -2.40. The van der Waals surface area contributed by atoms with Crippen LogP contribution < -0.4 is 0 Å². The van der Waals surface area contributed by atoms with Gasteiger partial charge in [0.15, 0.2) is 12.2 Å². The zero-order chi connectivity index (χ0) is 8.72. The van der Waals surface area contributed by atoms with E-state index in [1.54, 1.807) is 12.2 Å². The van der Waals surface area contributed by atoms with E-state index in [2.05, 4.69) is 15.9 Å². The van der Waals surface area contributed by atoms with Gasteiger partial charge in [0.25, 0.3) is 0 Å². The van der Waals surface area contributed by atoms with E-state index in [1.807, 2.05) is 0 Å². The number of ether oxygens (including phenoxy) is 2. The third-order valence-corrected chi connectivity index (χ3v) is 2.99. The van der Waals surface area contributed by atoms with Gasteiger partial charge in [0.05, 0.1) is 10.9 Å². The van der Waals surface area contributed by atoms with Crippen molar-refractivity contribution in [2.24, 2.45) is 0 Å². The van der Waals surface area contributed by atoms with Crippen LogP contribution in [0.4, 0.5) is 4.79 Å². The Labute approximate surface area is 77.3 Å². The fourth-order valence-electron chi connectivity index (χ4n) is 1.30. The van der Waals surface area contributed by atoms with Crippen molar-refractivity contribution in [3.63, 3.8) is 0 Å². The number of aliphatic hydroxyl groups excluding tert-OH is 1. The minimum Gasteiger partial charge on any atom is -0.425 e. The van der Waals surface area contributed by atoms with Crippen molar-refractivity contribution in [1.29, 1.82) is 0 Å². The van der Waals surface area contributed by atoms with Crippen LogP contribution in [0.25, 0.3) is 0 Å². The summed E-state index contributed by atoms with van der Waals surface area (Å²) in [5.74, 6) is 0. The molecule has 0 unspecified atom stereocenters. The normalized spacial score (nSPS) is 45.0. The standard InChI is InChI=1S/C7H7BrO4/c8-5-3(9)1-2-4-6(5)12-7(10)11-4/h1-6,9H/t3-,4-,5+,6-/m1/s1. The Morgan fingerprint density at radius 1 is 1.42 bits per heavy atom. The molecule has 0 aromatic rings. The number of hydrogen-bond acceptors (Lipinski definition) is 4. The van der Waals surface area contributed by atoms with Gasteiger partial charge in [-0.15, -0.1) is 0 Å². The largest absolute Gasteiger partial charge is 0.509 e. The molecule has 2 aliphatic rings. The molecule has 0 aromatic carbocycles. The highest BCUT2D eigenvalue weighted by Crippen LogP contribution is 2.29. The molecule has 2 rings (SSSR count). The van der Waals surface area contributed by atoms with Gasteiger partial charge in [-0.05, 0) is 6.08 Å². The first-order chi connectivity index (χ1) is 5.68. The average Bonchev–Trinajstić information content (AvgIpc) is 2.39. The van der Waals surface area contributed by atoms with Gasteiger partial charge < -0.3 is 14.6 Å². The van der Waals surface area contributed by atoms with E-state index in [0.717, 1.165) is 0 Å². The van der Waals surface area contributed by atoms with E-state index in [4.69, 9.17) is 9.47 Å². The molecule has 0 radical (unpaired) electrons. The van der Waals surface area contributed by atoms with E-state index in [-0.39, 0.29) is 10.9 Å². The first kappa shape index (κ1) is 8.07. The first-order valence-corrected chi connectivity index (χ1v) is 4.48. The summed E-state index contributed by atoms with van der Waals surface area (Å²) in [6, 6.07) is 0. The summed E-state index contributed by atoms with van der Waals surface area (Å²) in [6.45, 7) is 0. The summed E-state index contributed by atoms with van der Waals surface area (Å²) in [7, 11) is 0. The van der Waals surface area contributed by atoms with Gasteiger partial charge in [-0.1, -0.05) is 22.0 Å². The molecule has 4 atom stereocenters. The van der Waals surface area contributed by atoms with Crippen molar-refractivity contribution in [2.75, 3.05) is 0 Å². The summed E-state index contributed by atoms with van der Waals surface area (Å²) in [4.78, 5) is 10.4. The van der Waals surface area contributed by atoms with Crippen LogP contribution in [0.5, 0.6) is 0 Å². The molecule has 0 bridgehead atoms. The van der Waals surface area contributed by atoms with Crippen molar-refractivity contribution >= 4 is 22.1 Å². The molecule has 1 aliphatic carbocycles. The molecule has 0 aromatic heterocycles. The Hall–Kier alpha value is -0.550. The maximum atomic E-state index is 10.7. The number of hydrogen-bond donors (Lipinski definition) is 1. The summed E-state index contributed by atoms with van der Waals surface area (Å²) in [6.07, 6.45) is 1.16. The zero-order valence-corrected chi connectivity index (χ0v) is 7.60. The van der Waals surface area contributed by atoms with Gasteiger partial charge in [-0.25, -0.2) is 4.79 Å². The summed E-state index contributed by atoms with van der Waals surface area (Å²) in [5.41, 5.74) is 0. The quantitative estimate of drug-likeness (QED) is 0.379. The van der Waals surface area contributed by atoms with Crippen LogP contribution in [-0.4, -0.2) is 34.4 Å². The van der Waals surface area contributed by atoms with Gasteiger partial charge in [-0.2, -0.15) is 0 Å². The highest BCUT2D eigenvalue weighted by molar-refractivity contribution is 9.09. The Morgan fingerprint density at radius 2 is 2.17 bits per heavy atom. The molecule has 5 heteroatoms. The number of carbonyl (C=O) groups is 1. The van der Waals surface area contributed by atoms with Crippen molar-refractivity contribution in [1.82, 2.24) is 0 Å². The minimum absolute atomic E-state index is 0.279. The molecule has 4 nitrogen and oxygen atoms in total. The monoisotopic (exact) mass is 234 g/mol. The Morgan fingerprint density at radius 3 is 2.92 bits per heavy atom. The number of carbonyl (C=O) groups excluding carboxylic acids is 1. The lowest BCUT2D eigenvalue weighted by atomic mass is 10.00. The van der Waals surface area contributed by atoms with E-state index >= 15 is 0 Å². The van der Waals surface area contributed by atoms with Crippen molar-refractivity contribution in [3.05, 3.63) is 12.2 Å². The summed E-state index contributed by atoms with van der Waals surface area (Å²) < 4.78 is 9.62. The topological polar surface area (TPSA) is 55.8 Å². The van der Waals surface area contributed by atoms with Crippen LogP contribution in [0, 0.1) is 0 Å². The fraction of sp³-hybridized carbons (Fsp3) is 0.571. The molecule has 0 amide bonds. The van der Waals surface area contributed by atoms with Crippen LogP contribution >= 0.6 is 15.9 Å². The molecule has 0 saturated carbocycles. The number of aliphatic hydroxyl groups is 1. The van der Waals surface area contributed by atoms with Crippen LogP contribution in [0.1, 0.15) is 0 Å². The lowest BCUT2D eigenvalue weighted by Gasteiger charge is -2.25. The highest BCUT2D eigenvalue weighted by Gasteiger charge is 2.44. The van der Waals surface area contributed by atoms with Gasteiger partial charge in [0.1, 0.15) is 0 Å². The number of alkyl halides is 1. The molecule has 0 spiro atoms. The van der Waals surface area contributed by atoms with Gasteiger partial charge >= 0.3 is 6.16 Å². The van der Waals surface area contributed by atoms with Crippen molar-refractivity contribution in [2.45, 2.75) is 23.1 Å². The predicted molar refractivity (Wildman–Crippen MR) is 43.0 cm³/mol. The summed E-state index contributed by atoms with van der Waals surface area (Å²) in [5, 5.41) is 9.33. The highest BCUT2D eigenvalue weighted by atomic mass is 79.9. The molecule has 1 fully saturated rings. The smallest absolute Gasteiger partial charge is 0.425 e. The SMILES string of the molecule is O=C1O[C@H]2[C@@H](Br)[C@H](O)C=C[C@H]2O1. The second-order valence-electron chi connectivity index (χ2n) is 2.73. The molecule has 12 heavy (non-hydrogen) atoms. The lowest BCUT2D eigenvalue weighted by molar-refractivity contribution is 0.0986. The Balaban J connectivity index is 2.21. The maximum absolute atomic E-state index is 10.7. The summed E-state index contributed by atoms with van der Waals surface area (Å²) >= 11 is 3.23. The Bertz CT molecular complexity index is 240. The van der Waals surface area contributed by atoms with Crippen molar-refractivity contribution < 1.29 is 19.4 Å². The van der Waals surface area contributed by atoms with Crippen molar-refractivity contribution in [3.8, 4) is 0 Å². The van der Waals surface area contributed by atoms with Crippen LogP contribution in [-0.2, 0) is 9.47 Å². The van der Waals surface area contributed by atoms with Crippen LogP contribution in [0.15, 0.2) is 12.2 Å². The minimum atomic E-state index is -0.673. The fourth-order valence-corrected chi connectivity index (χ4v) is 1.89. The van der Waals surface area contributed by atoms with E-state index in [0.29, 0.717) is 0 Å². The maximum Gasteiger partial charge on any atom is 0.509 e. The van der Waals surface area contributed by atoms with Crippen LogP contribution in [0.3, 0.4) is 0 Å². The van der Waals surface area contributed by atoms with Crippen LogP contribution in [0.2, 0.25) is 0 Å². The molecular weight excluding hydrogens is 228 g/mol. The molecule has 1 N–H and O–H groups in total. The first-order valence-electron chi connectivity index (χ1n) is 3.56. The second kappa shape index (κ2) is 2.74. The molecule has 1 heterocycles. The van der Waals surface area contributed by atoms with E-state index < -0.39 is 18.4 Å². The molecule has 1 aliphatic heterocycles. The third kappa shape index (κ3) is 1.13. The Kier molecular flexibility index (Phi) is 1.84. The number of rotatable bonds is 0. The number of fused-ring (bicyclic) bond motifs is 1. The molecular formula is C7H7BrO4.